The Kier molecular flexibility index (Phi) is 13.7. The highest BCUT2D eigenvalue weighted by atomic mass is 16.1. The lowest BCUT2D eigenvalue weighted by Gasteiger charge is -2.06. The number of carbonyl (C=O) groups is 1. The van der Waals surface area contributed by atoms with Gasteiger partial charge in [0, 0.05) is 12.5 Å². The monoisotopic (exact) mass is 199 g/mol. The maximum atomic E-state index is 11.0. The van der Waals surface area contributed by atoms with Crippen LogP contribution in [0.25, 0.3) is 0 Å². The Bertz CT molecular complexity index is 141. The first-order valence-corrected chi connectivity index (χ1v) is 5.57. The maximum absolute atomic E-state index is 11.0. The van der Waals surface area contributed by atoms with Crippen molar-refractivity contribution < 1.29 is 4.79 Å². The highest BCUT2D eigenvalue weighted by molar-refractivity contribution is 5.77. The van der Waals surface area contributed by atoms with Crippen LogP contribution in [0.15, 0.2) is 12.7 Å². The van der Waals surface area contributed by atoms with E-state index in [1.807, 2.05) is 33.8 Å². The smallest absolute Gasteiger partial charge is 0.222 e. The molecule has 0 aromatic carbocycles. The summed E-state index contributed by atoms with van der Waals surface area (Å²) in [5, 5.41) is 2.87. The number of hydrogen-bond donors (Lipinski definition) is 1. The molecule has 84 valence electrons. The quantitative estimate of drug-likeness (QED) is 0.517. The number of carbonyl (C=O) groups excluding carboxylic acids is 1. The number of allylic oxidation sites excluding steroid dienone is 1. The van der Waals surface area contributed by atoms with Crippen molar-refractivity contribution in [2.45, 2.75) is 47.0 Å². The van der Waals surface area contributed by atoms with Gasteiger partial charge < -0.3 is 5.32 Å². The van der Waals surface area contributed by atoms with Crippen LogP contribution in [0.3, 0.4) is 0 Å². The average molecular weight is 199 g/mol. The van der Waals surface area contributed by atoms with Crippen LogP contribution in [0.2, 0.25) is 0 Å². The predicted molar refractivity (Wildman–Crippen MR) is 63.2 cm³/mol. The minimum absolute atomic E-state index is 0.101. The van der Waals surface area contributed by atoms with Gasteiger partial charge in [0.1, 0.15) is 0 Å². The molecular weight excluding hydrogens is 174 g/mol. The van der Waals surface area contributed by atoms with Crippen molar-refractivity contribution in [3.8, 4) is 0 Å². The van der Waals surface area contributed by atoms with Gasteiger partial charge in [0.2, 0.25) is 5.91 Å². The van der Waals surface area contributed by atoms with Crippen LogP contribution in [0.4, 0.5) is 0 Å². The van der Waals surface area contributed by atoms with Gasteiger partial charge in [0.15, 0.2) is 0 Å². The van der Waals surface area contributed by atoms with Crippen LogP contribution in [-0.4, -0.2) is 12.5 Å². The fourth-order valence-electron chi connectivity index (χ4n) is 0.829. The van der Waals surface area contributed by atoms with Crippen molar-refractivity contribution in [2.24, 2.45) is 5.92 Å². The van der Waals surface area contributed by atoms with Crippen molar-refractivity contribution in [3.63, 3.8) is 0 Å². The number of hydrogen-bond acceptors (Lipinski definition) is 1. The highest BCUT2D eigenvalue weighted by Gasteiger charge is 2.03. The van der Waals surface area contributed by atoms with Crippen molar-refractivity contribution in [3.05, 3.63) is 12.7 Å². The van der Waals surface area contributed by atoms with E-state index in [1.165, 1.54) is 0 Å². The molecule has 0 aromatic heterocycles. The van der Waals surface area contributed by atoms with Gasteiger partial charge in [-0.05, 0) is 19.3 Å². The first-order valence-electron chi connectivity index (χ1n) is 5.57. The number of amides is 1. The van der Waals surface area contributed by atoms with Crippen LogP contribution in [-0.2, 0) is 4.79 Å². The van der Waals surface area contributed by atoms with Gasteiger partial charge in [0.05, 0.1) is 0 Å². The Morgan fingerprint density at radius 1 is 1.36 bits per heavy atom. The lowest BCUT2D eigenvalue weighted by molar-refractivity contribution is -0.123. The van der Waals surface area contributed by atoms with Crippen molar-refractivity contribution in [1.29, 1.82) is 0 Å². The van der Waals surface area contributed by atoms with Crippen molar-refractivity contribution in [2.75, 3.05) is 6.54 Å². The Morgan fingerprint density at radius 2 is 1.93 bits per heavy atom. The second kappa shape index (κ2) is 12.2. The van der Waals surface area contributed by atoms with Crippen LogP contribution < -0.4 is 5.32 Å². The SMILES string of the molecule is C=CCCCCNC(=O)C(C)C.CC. The molecule has 0 aromatic rings. The molecule has 0 aliphatic carbocycles. The van der Waals surface area contributed by atoms with Crippen molar-refractivity contribution in [1.82, 2.24) is 5.32 Å². The largest absolute Gasteiger partial charge is 0.356 e. The highest BCUT2D eigenvalue weighted by Crippen LogP contribution is 1.95. The van der Waals surface area contributed by atoms with Gasteiger partial charge in [0.25, 0.3) is 0 Å². The molecular formula is C12H25NO. The van der Waals surface area contributed by atoms with Gasteiger partial charge in [-0.25, -0.2) is 0 Å². The summed E-state index contributed by atoms with van der Waals surface area (Å²) >= 11 is 0. The average Bonchev–Trinajstić information content (AvgIpc) is 2.20. The van der Waals surface area contributed by atoms with Crippen LogP contribution in [0.1, 0.15) is 47.0 Å². The molecule has 0 aliphatic rings. The molecule has 0 rings (SSSR count). The third-order valence-corrected chi connectivity index (χ3v) is 1.66. The first kappa shape index (κ1) is 15.7. The summed E-state index contributed by atoms with van der Waals surface area (Å²) in [7, 11) is 0. The van der Waals surface area contributed by atoms with E-state index < -0.39 is 0 Å². The van der Waals surface area contributed by atoms with Crippen LogP contribution in [0, 0.1) is 5.92 Å². The molecule has 0 saturated carbocycles. The van der Waals surface area contributed by atoms with Gasteiger partial charge in [-0.1, -0.05) is 33.8 Å². The zero-order valence-electron chi connectivity index (χ0n) is 10.1. The molecule has 14 heavy (non-hydrogen) atoms. The van der Waals surface area contributed by atoms with Gasteiger partial charge in [-0.2, -0.15) is 0 Å². The van der Waals surface area contributed by atoms with Crippen molar-refractivity contribution >= 4 is 5.91 Å². The number of unbranched alkanes of at least 4 members (excludes halogenated alkanes) is 2. The fourth-order valence-corrected chi connectivity index (χ4v) is 0.829. The summed E-state index contributed by atoms with van der Waals surface area (Å²) in [6.07, 6.45) is 5.11. The minimum atomic E-state index is 0.101. The molecule has 2 heteroatoms. The van der Waals surface area contributed by atoms with Crippen LogP contribution in [0.5, 0.6) is 0 Å². The Balaban J connectivity index is 0. The van der Waals surface area contributed by atoms with Gasteiger partial charge in [-0.15, -0.1) is 6.58 Å². The normalized spacial score (nSPS) is 8.93. The Labute approximate surface area is 88.8 Å². The zero-order valence-corrected chi connectivity index (χ0v) is 10.1. The Hall–Kier alpha value is -0.790. The van der Waals surface area contributed by atoms with Gasteiger partial charge >= 0.3 is 0 Å². The second-order valence-corrected chi connectivity index (χ2v) is 3.23. The minimum Gasteiger partial charge on any atom is -0.356 e. The van der Waals surface area contributed by atoms with Crippen LogP contribution >= 0.6 is 0 Å². The molecule has 0 spiro atoms. The third-order valence-electron chi connectivity index (χ3n) is 1.66. The molecule has 0 atom stereocenters. The molecule has 1 N–H and O–H groups in total. The molecule has 0 bridgehead atoms. The lowest BCUT2D eigenvalue weighted by atomic mass is 10.2. The standard InChI is InChI=1S/C10H19NO.C2H6/c1-4-5-6-7-8-11-10(12)9(2)3;1-2/h4,9H,1,5-8H2,2-3H3,(H,11,12);1-2H3. The van der Waals surface area contributed by atoms with E-state index in [2.05, 4.69) is 11.9 Å². The summed E-state index contributed by atoms with van der Waals surface area (Å²) < 4.78 is 0. The molecule has 0 aliphatic heterocycles. The molecule has 0 saturated heterocycles. The molecule has 0 fully saturated rings. The van der Waals surface area contributed by atoms with E-state index in [-0.39, 0.29) is 11.8 Å². The number of nitrogens with one attached hydrogen (secondary N) is 1. The summed E-state index contributed by atoms with van der Waals surface area (Å²) in [5.41, 5.74) is 0. The molecule has 2 nitrogen and oxygen atoms in total. The second-order valence-electron chi connectivity index (χ2n) is 3.23. The maximum Gasteiger partial charge on any atom is 0.222 e. The lowest BCUT2D eigenvalue weighted by Crippen LogP contribution is -2.28. The van der Waals surface area contributed by atoms with E-state index in [1.54, 1.807) is 0 Å². The topological polar surface area (TPSA) is 29.1 Å². The van der Waals surface area contributed by atoms with E-state index in [9.17, 15) is 4.79 Å². The molecule has 1 amide bonds. The number of rotatable bonds is 6. The molecule has 0 unspecified atom stereocenters. The summed E-state index contributed by atoms with van der Waals surface area (Å²) in [5.74, 6) is 0.248. The van der Waals surface area contributed by atoms with E-state index in [0.717, 1.165) is 25.8 Å². The third kappa shape index (κ3) is 11.2. The van der Waals surface area contributed by atoms with E-state index in [4.69, 9.17) is 0 Å². The Morgan fingerprint density at radius 3 is 2.36 bits per heavy atom. The van der Waals surface area contributed by atoms with E-state index in [0.29, 0.717) is 0 Å². The first-order chi connectivity index (χ1) is 6.68. The zero-order chi connectivity index (χ0) is 11.4. The summed E-state index contributed by atoms with van der Waals surface area (Å²) in [6.45, 7) is 12.2. The predicted octanol–water partition coefficient (Wildman–Crippen LogP) is 3.14. The van der Waals surface area contributed by atoms with Gasteiger partial charge in [-0.3, -0.25) is 4.79 Å². The fraction of sp³-hybridized carbons (Fsp3) is 0.750. The molecule has 0 radical (unpaired) electrons. The van der Waals surface area contributed by atoms with E-state index >= 15 is 0 Å². The summed E-state index contributed by atoms with van der Waals surface area (Å²) in [4.78, 5) is 11.0. The summed E-state index contributed by atoms with van der Waals surface area (Å²) in [6, 6.07) is 0. The molecule has 0 heterocycles.